The van der Waals surface area contributed by atoms with Crippen LogP contribution in [0.5, 0.6) is 0 Å². The molecule has 0 aliphatic carbocycles. The molecule has 0 unspecified atom stereocenters. The van der Waals surface area contributed by atoms with Crippen molar-refractivity contribution >= 4 is 62.3 Å². The average Bonchev–Trinajstić information content (AvgIpc) is 2.83. The van der Waals surface area contributed by atoms with Gasteiger partial charge in [0.25, 0.3) is 0 Å². The average molecular weight is 614 g/mol. The summed E-state index contributed by atoms with van der Waals surface area (Å²) in [5.74, 6) is -0.638. The highest BCUT2D eigenvalue weighted by molar-refractivity contribution is 9.08. The van der Waals surface area contributed by atoms with Gasteiger partial charge < -0.3 is 0 Å². The molecule has 4 aromatic rings. The molecule has 0 bridgehead atoms. The molecule has 178 valence electrons. The maximum atomic E-state index is 13.9. The van der Waals surface area contributed by atoms with E-state index in [1.807, 2.05) is 12.1 Å². The largest absolute Gasteiger partial charge is 0.206 e. The molecule has 4 aromatic carbocycles. The Hall–Kier alpha value is -2.13. The molecule has 0 spiro atoms. The van der Waals surface area contributed by atoms with E-state index < -0.39 is 0 Å². The van der Waals surface area contributed by atoms with Crippen molar-refractivity contribution in [2.45, 2.75) is 11.8 Å². The fourth-order valence-corrected chi connectivity index (χ4v) is 4.14. The molecule has 0 heterocycles. The minimum atomic E-state index is -0.374. The fraction of sp³-hybridized carbons (Fsp3) is 0.0741. The highest BCUT2D eigenvalue weighted by Gasteiger charge is 2.09. The standard InChI is InChI=1S/C14H8Cl2FN.C13H8BrCl2F/c15-12-4-2-10(8-13(12)16)11-3-1-9(5-6-18)7-14(11)17;14-7-8-1-3-10(13(17)5-8)9-2-4-11(15)12(16)6-9/h1-4,7-8H,5H2;1-6H,7H2. The maximum Gasteiger partial charge on any atom is 0.131 e. The van der Waals surface area contributed by atoms with Crippen LogP contribution in [-0.2, 0) is 11.8 Å². The lowest BCUT2D eigenvalue weighted by Crippen LogP contribution is -1.89. The summed E-state index contributed by atoms with van der Waals surface area (Å²) in [5, 5.41) is 10.9. The third-order valence-electron chi connectivity index (χ3n) is 4.97. The second-order valence-electron chi connectivity index (χ2n) is 7.35. The molecule has 35 heavy (non-hydrogen) atoms. The Kier molecular flexibility index (Phi) is 9.98. The molecular formula is C27H16BrCl4F2N. The molecule has 0 aliphatic heterocycles. The molecule has 1 nitrogen and oxygen atoms in total. The molecule has 0 fully saturated rings. The minimum absolute atomic E-state index is 0.193. The minimum Gasteiger partial charge on any atom is -0.206 e. The third-order valence-corrected chi connectivity index (χ3v) is 7.09. The monoisotopic (exact) mass is 611 g/mol. The Balaban J connectivity index is 0.000000196. The lowest BCUT2D eigenvalue weighted by Gasteiger charge is -2.06. The third kappa shape index (κ3) is 7.19. The van der Waals surface area contributed by atoms with Crippen LogP contribution in [0.3, 0.4) is 0 Å². The van der Waals surface area contributed by atoms with Crippen molar-refractivity contribution in [1.29, 1.82) is 5.26 Å². The van der Waals surface area contributed by atoms with E-state index in [1.54, 1.807) is 54.6 Å². The van der Waals surface area contributed by atoms with Gasteiger partial charge in [0.1, 0.15) is 11.6 Å². The van der Waals surface area contributed by atoms with E-state index in [-0.39, 0.29) is 18.1 Å². The first-order chi connectivity index (χ1) is 16.7. The first-order valence-electron chi connectivity index (χ1n) is 10.1. The topological polar surface area (TPSA) is 23.8 Å². The normalized spacial score (nSPS) is 10.3. The smallest absolute Gasteiger partial charge is 0.131 e. The van der Waals surface area contributed by atoms with Gasteiger partial charge in [-0.25, -0.2) is 8.78 Å². The molecule has 0 amide bonds. The van der Waals surface area contributed by atoms with Crippen LogP contribution >= 0.6 is 62.3 Å². The van der Waals surface area contributed by atoms with Crippen molar-refractivity contribution in [2.24, 2.45) is 0 Å². The van der Waals surface area contributed by atoms with Crippen LogP contribution in [0.2, 0.25) is 20.1 Å². The van der Waals surface area contributed by atoms with Gasteiger partial charge in [0.15, 0.2) is 0 Å². The van der Waals surface area contributed by atoms with Crippen LogP contribution in [-0.4, -0.2) is 0 Å². The molecule has 8 heteroatoms. The van der Waals surface area contributed by atoms with E-state index in [0.29, 0.717) is 47.7 Å². The van der Waals surface area contributed by atoms with Crippen molar-refractivity contribution in [2.75, 3.05) is 0 Å². The van der Waals surface area contributed by atoms with E-state index >= 15 is 0 Å². The van der Waals surface area contributed by atoms with Crippen LogP contribution in [0, 0.1) is 23.0 Å². The van der Waals surface area contributed by atoms with Crippen LogP contribution in [0.4, 0.5) is 8.78 Å². The van der Waals surface area contributed by atoms with Gasteiger partial charge in [0.05, 0.1) is 32.6 Å². The number of hydrogen-bond acceptors (Lipinski definition) is 1. The predicted molar refractivity (Wildman–Crippen MR) is 146 cm³/mol. The summed E-state index contributed by atoms with van der Waals surface area (Å²) in [6.07, 6.45) is 0.193. The first-order valence-corrected chi connectivity index (χ1v) is 12.8. The predicted octanol–water partition coefficient (Wildman–Crippen LogP) is 10.6. The van der Waals surface area contributed by atoms with E-state index in [4.69, 9.17) is 51.7 Å². The zero-order valence-corrected chi connectivity index (χ0v) is 22.5. The second-order valence-corrected chi connectivity index (χ2v) is 9.54. The van der Waals surface area contributed by atoms with Gasteiger partial charge in [0.2, 0.25) is 0 Å². The zero-order chi connectivity index (χ0) is 25.5. The Bertz CT molecular complexity index is 1400. The number of alkyl halides is 1. The lowest BCUT2D eigenvalue weighted by atomic mass is 10.0. The van der Waals surface area contributed by atoms with E-state index in [9.17, 15) is 8.78 Å². The Labute approximate surface area is 231 Å². The van der Waals surface area contributed by atoms with Gasteiger partial charge in [-0.1, -0.05) is 98.7 Å². The van der Waals surface area contributed by atoms with Crippen molar-refractivity contribution < 1.29 is 8.78 Å². The van der Waals surface area contributed by atoms with Gasteiger partial charge in [-0.3, -0.25) is 0 Å². The highest BCUT2D eigenvalue weighted by Crippen LogP contribution is 2.31. The van der Waals surface area contributed by atoms with Crippen LogP contribution in [0.15, 0.2) is 72.8 Å². The van der Waals surface area contributed by atoms with E-state index in [0.717, 1.165) is 11.1 Å². The molecule has 0 atom stereocenters. The first kappa shape index (κ1) is 27.5. The number of nitriles is 1. The molecule has 0 aliphatic rings. The number of benzene rings is 4. The molecule has 0 aromatic heterocycles. The molecule has 0 saturated heterocycles. The van der Waals surface area contributed by atoms with Gasteiger partial charge >= 0.3 is 0 Å². The number of nitrogens with zero attached hydrogens (tertiary/aromatic N) is 1. The van der Waals surface area contributed by atoms with Gasteiger partial charge in [-0.15, -0.1) is 0 Å². The number of hydrogen-bond donors (Lipinski definition) is 0. The Morgan fingerprint density at radius 3 is 1.49 bits per heavy atom. The fourth-order valence-electron chi connectivity index (χ4n) is 3.20. The summed E-state index contributed by atoms with van der Waals surface area (Å²) >= 11 is 26.7. The SMILES string of the molecule is Fc1cc(CBr)ccc1-c1ccc(Cl)c(Cl)c1.N#CCc1ccc(-c2ccc(Cl)c(Cl)c2)c(F)c1. The Morgan fingerprint density at radius 1 is 0.629 bits per heavy atom. The van der Waals surface area contributed by atoms with E-state index in [1.165, 1.54) is 12.1 Å². The van der Waals surface area contributed by atoms with E-state index in [2.05, 4.69) is 15.9 Å². The van der Waals surface area contributed by atoms with Gasteiger partial charge in [0, 0.05) is 16.5 Å². The molecule has 0 N–H and O–H groups in total. The number of rotatable bonds is 4. The Morgan fingerprint density at radius 2 is 1.09 bits per heavy atom. The maximum absolute atomic E-state index is 13.9. The molecule has 0 radical (unpaired) electrons. The van der Waals surface area contributed by atoms with Crippen molar-refractivity contribution in [3.8, 4) is 28.3 Å². The molecular weight excluding hydrogens is 598 g/mol. The summed E-state index contributed by atoms with van der Waals surface area (Å²) in [4.78, 5) is 0. The zero-order valence-electron chi connectivity index (χ0n) is 17.9. The summed E-state index contributed by atoms with van der Waals surface area (Å²) in [5.41, 5.74) is 3.89. The summed E-state index contributed by atoms with van der Waals surface area (Å²) in [7, 11) is 0. The quantitative estimate of drug-likeness (QED) is 0.210. The number of halogens is 7. The van der Waals surface area contributed by atoms with Crippen molar-refractivity contribution in [3.63, 3.8) is 0 Å². The molecule has 0 saturated carbocycles. The van der Waals surface area contributed by atoms with Crippen LogP contribution in [0.25, 0.3) is 22.3 Å². The summed E-state index contributed by atoms with van der Waals surface area (Å²) in [6.45, 7) is 0. The second kappa shape index (κ2) is 12.7. The van der Waals surface area contributed by atoms with Crippen LogP contribution in [0.1, 0.15) is 11.1 Å². The summed E-state index contributed by atoms with van der Waals surface area (Å²) < 4.78 is 27.8. The van der Waals surface area contributed by atoms with Crippen molar-refractivity contribution in [3.05, 3.63) is 116 Å². The van der Waals surface area contributed by atoms with Gasteiger partial charge in [-0.05, 0) is 58.7 Å². The van der Waals surface area contributed by atoms with Gasteiger partial charge in [-0.2, -0.15) is 5.26 Å². The lowest BCUT2D eigenvalue weighted by molar-refractivity contribution is 0.629. The van der Waals surface area contributed by atoms with Crippen LogP contribution < -0.4 is 0 Å². The summed E-state index contributed by atoms with van der Waals surface area (Å²) in [6, 6.07) is 21.9. The van der Waals surface area contributed by atoms with Crippen molar-refractivity contribution in [1.82, 2.24) is 0 Å². The molecule has 4 rings (SSSR count). The highest BCUT2D eigenvalue weighted by atomic mass is 79.9.